The van der Waals surface area contributed by atoms with Gasteiger partial charge in [-0.15, -0.1) is 0 Å². The Bertz CT molecular complexity index is 1590. The van der Waals surface area contributed by atoms with Crippen LogP contribution in [0.25, 0.3) is 16.9 Å². The van der Waals surface area contributed by atoms with Crippen molar-refractivity contribution in [3.63, 3.8) is 0 Å². The van der Waals surface area contributed by atoms with Crippen molar-refractivity contribution in [1.29, 1.82) is 0 Å². The van der Waals surface area contributed by atoms with E-state index in [-0.39, 0.29) is 39.1 Å². The van der Waals surface area contributed by atoms with Crippen LogP contribution in [0.5, 0.6) is 0 Å². The van der Waals surface area contributed by atoms with Crippen molar-refractivity contribution in [2.75, 3.05) is 23.7 Å². The Morgan fingerprint density at radius 1 is 1.11 bits per heavy atom. The molecule has 1 atom stereocenters. The second-order valence-corrected chi connectivity index (χ2v) is 9.61. The summed E-state index contributed by atoms with van der Waals surface area (Å²) in [7, 11) is 0. The number of H-pyrrole nitrogens is 1. The van der Waals surface area contributed by atoms with Gasteiger partial charge in [0.15, 0.2) is 11.2 Å². The maximum atomic E-state index is 13.1. The number of nitrogen functional groups attached to an aromatic ring is 1. The molecule has 1 aliphatic carbocycles. The molecule has 11 heteroatoms. The van der Waals surface area contributed by atoms with Gasteiger partial charge in [0.1, 0.15) is 16.7 Å². The first kappa shape index (κ1) is 21.8. The summed E-state index contributed by atoms with van der Waals surface area (Å²) in [6, 6.07) is 9.88. The zero-order chi connectivity index (χ0) is 24.3. The Kier molecular flexibility index (Phi) is 4.90. The van der Waals surface area contributed by atoms with Gasteiger partial charge in [0.2, 0.25) is 0 Å². The molecule has 1 aliphatic heterocycles. The number of piperidine rings is 1. The number of aromatic amines is 1. The van der Waals surface area contributed by atoms with Crippen LogP contribution >= 0.6 is 11.6 Å². The van der Waals surface area contributed by atoms with E-state index in [0.717, 1.165) is 36.9 Å². The number of pyridine rings is 1. The van der Waals surface area contributed by atoms with Crippen molar-refractivity contribution < 1.29 is 0 Å². The van der Waals surface area contributed by atoms with E-state index in [0.29, 0.717) is 5.82 Å². The van der Waals surface area contributed by atoms with Gasteiger partial charge in [0.05, 0.1) is 11.9 Å². The van der Waals surface area contributed by atoms with E-state index in [1.165, 1.54) is 23.4 Å². The number of aromatic nitrogens is 5. The Balaban J connectivity index is 1.30. The second kappa shape index (κ2) is 7.89. The number of hydrogen-bond donors (Lipinski definition) is 3. The molecule has 4 heterocycles. The minimum Gasteiger partial charge on any atom is -0.382 e. The standard InChI is InChI=1S/C24H23ClN8O2/c25-17-15(5-8-28-20(17)27)33-22(34)18-21(31-23(33)35)30-16(12-29-18)32-9-6-24(7-10-32)11-13-3-1-2-4-14(13)19(24)26/h1-5,8,12,19H,6-7,9-11,26H2,(H2,27,28)(H,30,31,35)/t19-/m1/s1. The van der Waals surface area contributed by atoms with Crippen LogP contribution in [-0.2, 0) is 6.42 Å². The number of nitrogens with two attached hydrogens (primary N) is 2. The summed E-state index contributed by atoms with van der Waals surface area (Å²) in [5.41, 5.74) is 14.0. The van der Waals surface area contributed by atoms with E-state index in [2.05, 4.69) is 43.0 Å². The van der Waals surface area contributed by atoms with E-state index in [1.807, 2.05) is 6.07 Å². The summed E-state index contributed by atoms with van der Waals surface area (Å²) < 4.78 is 0.890. The summed E-state index contributed by atoms with van der Waals surface area (Å²) in [5, 5.41) is 0.0125. The molecule has 4 aromatic rings. The van der Waals surface area contributed by atoms with Crippen LogP contribution in [0.4, 0.5) is 11.6 Å². The van der Waals surface area contributed by atoms with Crippen molar-refractivity contribution >= 4 is 34.4 Å². The molecule has 2 aliphatic rings. The van der Waals surface area contributed by atoms with E-state index in [4.69, 9.17) is 23.1 Å². The number of halogens is 1. The third kappa shape index (κ3) is 3.32. The molecule has 0 amide bonds. The Hall–Kier alpha value is -3.76. The van der Waals surface area contributed by atoms with Gasteiger partial charge in [-0.1, -0.05) is 35.9 Å². The first-order valence-corrected chi connectivity index (χ1v) is 11.8. The van der Waals surface area contributed by atoms with Crippen LogP contribution in [0, 0.1) is 5.41 Å². The van der Waals surface area contributed by atoms with Crippen LogP contribution in [0.1, 0.15) is 30.0 Å². The van der Waals surface area contributed by atoms with Gasteiger partial charge in [0, 0.05) is 25.3 Å². The normalized spacial score (nSPS) is 18.8. The van der Waals surface area contributed by atoms with Gasteiger partial charge in [-0.05, 0) is 41.9 Å². The van der Waals surface area contributed by atoms with Crippen LogP contribution in [0.3, 0.4) is 0 Å². The minimum absolute atomic E-state index is 0.0125. The number of rotatable bonds is 2. The smallest absolute Gasteiger partial charge is 0.334 e. The molecule has 1 spiro atoms. The molecule has 1 fully saturated rings. The lowest BCUT2D eigenvalue weighted by atomic mass is 9.73. The number of benzene rings is 1. The maximum Gasteiger partial charge on any atom is 0.334 e. The van der Waals surface area contributed by atoms with Gasteiger partial charge >= 0.3 is 5.69 Å². The first-order chi connectivity index (χ1) is 16.9. The van der Waals surface area contributed by atoms with Crippen LogP contribution in [0.2, 0.25) is 5.02 Å². The molecule has 5 N–H and O–H groups in total. The lowest BCUT2D eigenvalue weighted by Gasteiger charge is -2.42. The van der Waals surface area contributed by atoms with E-state index in [9.17, 15) is 9.59 Å². The Morgan fingerprint density at radius 3 is 2.66 bits per heavy atom. The fraction of sp³-hybridized carbons (Fsp3) is 0.292. The zero-order valence-corrected chi connectivity index (χ0v) is 19.5. The van der Waals surface area contributed by atoms with Crippen LogP contribution < -0.4 is 27.6 Å². The van der Waals surface area contributed by atoms with Gasteiger partial charge in [0.25, 0.3) is 5.56 Å². The third-order valence-corrected chi connectivity index (χ3v) is 7.79. The van der Waals surface area contributed by atoms with Crippen molar-refractivity contribution in [2.24, 2.45) is 11.1 Å². The predicted molar refractivity (Wildman–Crippen MR) is 134 cm³/mol. The molecule has 0 radical (unpaired) electrons. The third-order valence-electron chi connectivity index (χ3n) is 7.41. The van der Waals surface area contributed by atoms with Gasteiger partial charge in [-0.2, -0.15) is 0 Å². The molecular weight excluding hydrogens is 468 g/mol. The minimum atomic E-state index is -0.686. The van der Waals surface area contributed by atoms with Crippen molar-refractivity contribution in [2.45, 2.75) is 25.3 Å². The van der Waals surface area contributed by atoms with E-state index >= 15 is 0 Å². The average Bonchev–Trinajstić information content (AvgIpc) is 3.13. The van der Waals surface area contributed by atoms with Crippen molar-refractivity contribution in [1.82, 2.24) is 24.5 Å². The average molecular weight is 491 g/mol. The lowest BCUT2D eigenvalue weighted by Crippen LogP contribution is -2.44. The molecule has 178 valence electrons. The molecule has 0 unspecified atom stereocenters. The second-order valence-electron chi connectivity index (χ2n) is 9.23. The van der Waals surface area contributed by atoms with Crippen molar-refractivity contribution in [3.8, 4) is 5.69 Å². The Morgan fingerprint density at radius 2 is 1.89 bits per heavy atom. The Labute approximate surface area is 204 Å². The van der Waals surface area contributed by atoms with E-state index < -0.39 is 11.2 Å². The molecule has 35 heavy (non-hydrogen) atoms. The SMILES string of the molecule is Nc1nccc(-n2c(=O)[nH]c3nc(N4CCC5(CC4)Cc4ccccc4[C@H]5N)cnc3c2=O)c1Cl. The zero-order valence-electron chi connectivity index (χ0n) is 18.7. The van der Waals surface area contributed by atoms with Crippen molar-refractivity contribution in [3.05, 3.63) is 79.7 Å². The fourth-order valence-electron chi connectivity index (χ4n) is 5.46. The monoisotopic (exact) mass is 490 g/mol. The first-order valence-electron chi connectivity index (χ1n) is 11.4. The quantitative estimate of drug-likeness (QED) is 0.386. The molecule has 1 saturated heterocycles. The molecule has 6 rings (SSSR count). The summed E-state index contributed by atoms with van der Waals surface area (Å²) in [6.45, 7) is 1.52. The molecule has 0 bridgehead atoms. The highest BCUT2D eigenvalue weighted by Gasteiger charge is 2.45. The number of nitrogens with zero attached hydrogens (tertiary/aromatic N) is 5. The number of anilines is 2. The molecule has 10 nitrogen and oxygen atoms in total. The molecule has 0 saturated carbocycles. The van der Waals surface area contributed by atoms with E-state index in [1.54, 1.807) is 6.20 Å². The molecule has 1 aromatic carbocycles. The largest absolute Gasteiger partial charge is 0.382 e. The number of hydrogen-bond acceptors (Lipinski definition) is 8. The van der Waals surface area contributed by atoms with Crippen LogP contribution in [0.15, 0.2) is 52.3 Å². The number of fused-ring (bicyclic) bond motifs is 2. The highest BCUT2D eigenvalue weighted by molar-refractivity contribution is 6.34. The highest BCUT2D eigenvalue weighted by Crippen LogP contribution is 2.50. The molecule has 3 aromatic heterocycles. The maximum absolute atomic E-state index is 13.1. The van der Waals surface area contributed by atoms with Gasteiger partial charge in [-0.3, -0.25) is 9.78 Å². The summed E-state index contributed by atoms with van der Waals surface area (Å²) in [5.74, 6) is 0.625. The summed E-state index contributed by atoms with van der Waals surface area (Å²) in [6.07, 6.45) is 5.76. The predicted octanol–water partition coefficient (Wildman–Crippen LogP) is 1.94. The van der Waals surface area contributed by atoms with Gasteiger partial charge in [-0.25, -0.2) is 24.3 Å². The number of nitrogens with one attached hydrogen (secondary N) is 1. The van der Waals surface area contributed by atoms with Crippen LogP contribution in [-0.4, -0.2) is 37.6 Å². The van der Waals surface area contributed by atoms with Gasteiger partial charge < -0.3 is 16.4 Å². The lowest BCUT2D eigenvalue weighted by molar-refractivity contribution is 0.187. The highest BCUT2D eigenvalue weighted by atomic mass is 35.5. The fourth-order valence-corrected chi connectivity index (χ4v) is 5.65. The summed E-state index contributed by atoms with van der Waals surface area (Å²) in [4.78, 5) is 43.5. The summed E-state index contributed by atoms with van der Waals surface area (Å²) >= 11 is 6.19. The topological polar surface area (TPSA) is 149 Å². The molecular formula is C24H23ClN8O2.